The van der Waals surface area contributed by atoms with Gasteiger partial charge in [0.2, 0.25) is 0 Å². The van der Waals surface area contributed by atoms with E-state index in [-0.39, 0.29) is 5.91 Å². The number of nitrogens with zero attached hydrogens (tertiary/aromatic N) is 3. The summed E-state index contributed by atoms with van der Waals surface area (Å²) < 4.78 is 2.14. The first-order valence-corrected chi connectivity index (χ1v) is 7.70. The van der Waals surface area contributed by atoms with Crippen LogP contribution in [0, 0.1) is 13.8 Å². The molecule has 1 amide bonds. The number of aromatic nitrogens is 3. The predicted molar refractivity (Wildman–Crippen MR) is 78.1 cm³/mol. The van der Waals surface area contributed by atoms with Crippen LogP contribution >= 0.6 is 11.3 Å². The van der Waals surface area contributed by atoms with Crippen molar-refractivity contribution in [2.75, 3.05) is 6.54 Å². The topological polar surface area (TPSA) is 59.8 Å². The van der Waals surface area contributed by atoms with E-state index in [1.165, 1.54) is 24.2 Å². The maximum absolute atomic E-state index is 12.1. The van der Waals surface area contributed by atoms with Gasteiger partial charge in [-0.2, -0.15) is 0 Å². The van der Waals surface area contributed by atoms with Gasteiger partial charge in [0.05, 0.1) is 10.7 Å². The molecular weight excluding hydrogens is 272 g/mol. The molecule has 106 valence electrons. The molecule has 1 aliphatic carbocycles. The normalized spacial score (nSPS) is 14.5. The van der Waals surface area contributed by atoms with Gasteiger partial charge in [0, 0.05) is 31.4 Å². The number of hydrogen-bond donors (Lipinski definition) is 1. The predicted octanol–water partition coefficient (Wildman–Crippen LogP) is 2.26. The second-order valence-electron chi connectivity index (χ2n) is 5.16. The monoisotopic (exact) mass is 290 g/mol. The van der Waals surface area contributed by atoms with Gasteiger partial charge in [-0.15, -0.1) is 11.3 Å². The highest BCUT2D eigenvalue weighted by molar-refractivity contribution is 7.13. The Morgan fingerprint density at radius 1 is 1.50 bits per heavy atom. The van der Waals surface area contributed by atoms with E-state index in [4.69, 9.17) is 0 Å². The van der Waals surface area contributed by atoms with Crippen LogP contribution in [0.5, 0.6) is 0 Å². The molecule has 2 heterocycles. The lowest BCUT2D eigenvalue weighted by Gasteiger charge is -2.08. The number of imidazole rings is 1. The van der Waals surface area contributed by atoms with Crippen LogP contribution in [0.3, 0.4) is 0 Å². The van der Waals surface area contributed by atoms with E-state index in [9.17, 15) is 4.79 Å². The zero-order valence-electron chi connectivity index (χ0n) is 11.7. The molecule has 5 nitrogen and oxygen atoms in total. The van der Waals surface area contributed by atoms with E-state index < -0.39 is 0 Å². The molecule has 0 aromatic carbocycles. The van der Waals surface area contributed by atoms with Crippen LogP contribution < -0.4 is 5.32 Å². The number of carbonyl (C=O) groups is 1. The molecule has 0 radical (unpaired) electrons. The second-order valence-corrected chi connectivity index (χ2v) is 6.36. The number of rotatable bonds is 5. The molecule has 2 aromatic heterocycles. The van der Waals surface area contributed by atoms with Gasteiger partial charge in [0.1, 0.15) is 10.7 Å². The first-order chi connectivity index (χ1) is 9.65. The highest BCUT2D eigenvalue weighted by atomic mass is 32.1. The zero-order valence-corrected chi connectivity index (χ0v) is 12.5. The lowest BCUT2D eigenvalue weighted by molar-refractivity contribution is 0.0955. The molecule has 20 heavy (non-hydrogen) atoms. The number of amides is 1. The summed E-state index contributed by atoms with van der Waals surface area (Å²) in [5.41, 5.74) is 0.811. The van der Waals surface area contributed by atoms with Crippen molar-refractivity contribution in [2.45, 2.75) is 39.2 Å². The van der Waals surface area contributed by atoms with E-state index in [1.807, 2.05) is 26.2 Å². The van der Waals surface area contributed by atoms with Crippen molar-refractivity contribution in [1.82, 2.24) is 19.9 Å². The number of hydrogen-bond acceptors (Lipinski definition) is 4. The van der Waals surface area contributed by atoms with Crippen molar-refractivity contribution in [3.63, 3.8) is 0 Å². The van der Waals surface area contributed by atoms with Crippen molar-refractivity contribution in [3.05, 3.63) is 33.8 Å². The van der Waals surface area contributed by atoms with Crippen LogP contribution in [0.25, 0.3) is 0 Å². The highest BCUT2D eigenvalue weighted by Crippen LogP contribution is 2.38. The first-order valence-electron chi connectivity index (χ1n) is 6.88. The van der Waals surface area contributed by atoms with Gasteiger partial charge in [-0.1, -0.05) is 0 Å². The molecule has 1 N–H and O–H groups in total. The highest BCUT2D eigenvalue weighted by Gasteiger charge is 2.27. The first kappa shape index (κ1) is 13.3. The summed E-state index contributed by atoms with van der Waals surface area (Å²) in [5, 5.41) is 3.89. The Bertz CT molecular complexity index is 627. The smallest absolute Gasteiger partial charge is 0.263 e. The van der Waals surface area contributed by atoms with Gasteiger partial charge in [0.25, 0.3) is 5.91 Å². The Morgan fingerprint density at radius 3 is 2.95 bits per heavy atom. The largest absolute Gasteiger partial charge is 0.349 e. The summed E-state index contributed by atoms with van der Waals surface area (Å²) in [6, 6.07) is 0. The van der Waals surface area contributed by atoms with Crippen molar-refractivity contribution in [3.8, 4) is 0 Å². The molecule has 0 unspecified atom stereocenters. The summed E-state index contributed by atoms with van der Waals surface area (Å²) in [5.74, 6) is 1.76. The lowest BCUT2D eigenvalue weighted by atomic mass is 10.3. The SMILES string of the molecule is Cc1nc(C)c(C(=O)NCCn2ccnc2C2CC2)s1. The molecule has 6 heteroatoms. The molecular formula is C14H18N4OS. The van der Waals surface area contributed by atoms with E-state index in [0.717, 1.165) is 27.9 Å². The fourth-order valence-corrected chi connectivity index (χ4v) is 3.16. The minimum Gasteiger partial charge on any atom is -0.349 e. The number of carbonyl (C=O) groups excluding carboxylic acids is 1. The van der Waals surface area contributed by atoms with Crippen molar-refractivity contribution >= 4 is 17.2 Å². The van der Waals surface area contributed by atoms with E-state index in [1.54, 1.807) is 0 Å². The van der Waals surface area contributed by atoms with Crippen LogP contribution in [0.1, 0.15) is 45.0 Å². The van der Waals surface area contributed by atoms with Crippen LogP contribution in [0.4, 0.5) is 0 Å². The van der Waals surface area contributed by atoms with Crippen molar-refractivity contribution in [1.29, 1.82) is 0 Å². The van der Waals surface area contributed by atoms with E-state index in [0.29, 0.717) is 12.5 Å². The van der Waals surface area contributed by atoms with Gasteiger partial charge in [0.15, 0.2) is 0 Å². The molecule has 1 saturated carbocycles. The van der Waals surface area contributed by atoms with Gasteiger partial charge in [-0.05, 0) is 26.7 Å². The molecule has 1 fully saturated rings. The third-order valence-corrected chi connectivity index (χ3v) is 4.51. The summed E-state index contributed by atoms with van der Waals surface area (Å²) in [6.07, 6.45) is 6.31. The van der Waals surface area contributed by atoms with E-state index in [2.05, 4.69) is 19.9 Å². The molecule has 0 bridgehead atoms. The van der Waals surface area contributed by atoms with Gasteiger partial charge >= 0.3 is 0 Å². The Morgan fingerprint density at radius 2 is 2.30 bits per heavy atom. The molecule has 0 spiro atoms. The Balaban J connectivity index is 1.56. The standard InChI is InChI=1S/C14H18N4OS/c1-9-12(20-10(2)17-9)14(19)16-6-8-18-7-5-15-13(18)11-3-4-11/h5,7,11H,3-4,6,8H2,1-2H3,(H,16,19). The van der Waals surface area contributed by atoms with Gasteiger partial charge < -0.3 is 9.88 Å². The third kappa shape index (κ3) is 2.75. The maximum atomic E-state index is 12.1. The second kappa shape index (κ2) is 5.36. The molecule has 0 saturated heterocycles. The number of aryl methyl sites for hydroxylation is 2. The fourth-order valence-electron chi connectivity index (χ4n) is 2.32. The minimum atomic E-state index is -0.0267. The number of thiazole rings is 1. The summed E-state index contributed by atoms with van der Waals surface area (Å²) in [4.78, 5) is 21.5. The lowest BCUT2D eigenvalue weighted by Crippen LogP contribution is -2.27. The fraction of sp³-hybridized carbons (Fsp3) is 0.500. The van der Waals surface area contributed by atoms with Gasteiger partial charge in [-0.25, -0.2) is 9.97 Å². The minimum absolute atomic E-state index is 0.0267. The Hall–Kier alpha value is -1.69. The summed E-state index contributed by atoms with van der Waals surface area (Å²) in [6.45, 7) is 5.18. The third-order valence-electron chi connectivity index (χ3n) is 3.44. The molecule has 3 rings (SSSR count). The van der Waals surface area contributed by atoms with Crippen LogP contribution in [-0.2, 0) is 6.54 Å². The van der Waals surface area contributed by atoms with Crippen molar-refractivity contribution in [2.24, 2.45) is 0 Å². The average molecular weight is 290 g/mol. The average Bonchev–Trinajstić information content (AvgIpc) is 3.05. The van der Waals surface area contributed by atoms with Crippen molar-refractivity contribution < 1.29 is 4.79 Å². The molecule has 2 aromatic rings. The van der Waals surface area contributed by atoms with Crippen LogP contribution in [-0.4, -0.2) is 27.0 Å². The number of nitrogens with one attached hydrogen (secondary N) is 1. The van der Waals surface area contributed by atoms with Crippen LogP contribution in [0.2, 0.25) is 0 Å². The summed E-state index contributed by atoms with van der Waals surface area (Å²) in [7, 11) is 0. The summed E-state index contributed by atoms with van der Waals surface area (Å²) >= 11 is 1.45. The van der Waals surface area contributed by atoms with E-state index >= 15 is 0 Å². The Kier molecular flexibility index (Phi) is 3.56. The van der Waals surface area contributed by atoms with Gasteiger partial charge in [-0.3, -0.25) is 4.79 Å². The molecule has 1 aliphatic rings. The maximum Gasteiger partial charge on any atom is 0.263 e. The van der Waals surface area contributed by atoms with Crippen LogP contribution in [0.15, 0.2) is 12.4 Å². The quantitative estimate of drug-likeness (QED) is 0.919. The molecule has 0 atom stereocenters. The Labute approximate surface area is 122 Å². The zero-order chi connectivity index (χ0) is 14.1. The molecule has 0 aliphatic heterocycles.